The van der Waals surface area contributed by atoms with E-state index in [1.54, 1.807) is 0 Å². The molecule has 0 saturated heterocycles. The fraction of sp³-hybridized carbons (Fsp3) is 0.947. The molecular formula is C19H40ClNO4. The number of rotatable bonds is 17. The summed E-state index contributed by atoms with van der Waals surface area (Å²) in [5.74, 6) is -0.173. The van der Waals surface area contributed by atoms with Crippen LogP contribution in [0.4, 0.5) is 0 Å². The van der Waals surface area contributed by atoms with Gasteiger partial charge >= 0.3 is 5.97 Å². The molecule has 0 aromatic rings. The molecule has 0 aliphatic rings. The number of carbonyl (C=O) groups excluding carboxylic acids is 1. The van der Waals surface area contributed by atoms with Crippen LogP contribution in [0.1, 0.15) is 90.4 Å². The second kappa shape index (κ2) is 18.4. The van der Waals surface area contributed by atoms with Crippen LogP contribution in [0, 0.1) is 0 Å². The second-order valence-corrected chi connectivity index (χ2v) is 6.86. The van der Waals surface area contributed by atoms with Gasteiger partial charge < -0.3 is 20.7 Å². The Kier molecular flexibility index (Phi) is 19.8. The summed E-state index contributed by atoms with van der Waals surface area (Å²) in [6.07, 6.45) is 12.8. The lowest BCUT2D eigenvalue weighted by Crippen LogP contribution is -2.43. The Morgan fingerprint density at radius 1 is 0.880 bits per heavy atom. The zero-order valence-corrected chi connectivity index (χ0v) is 16.8. The molecule has 0 unspecified atom stereocenters. The van der Waals surface area contributed by atoms with E-state index in [9.17, 15) is 4.79 Å². The molecule has 4 N–H and O–H groups in total. The van der Waals surface area contributed by atoms with Crippen LogP contribution < -0.4 is 5.73 Å². The highest BCUT2D eigenvalue weighted by Crippen LogP contribution is 2.16. The van der Waals surface area contributed by atoms with Crippen molar-refractivity contribution in [1.29, 1.82) is 0 Å². The van der Waals surface area contributed by atoms with Crippen LogP contribution in [-0.4, -0.2) is 41.5 Å². The standard InChI is InChI=1S/C19H39NO4.ClH/c1-2-3-4-5-6-7-8-9-10-11-18(23)24-17-14-19(20,12-15-21)13-16-22;/h21-22H,2-17,20H2,1H3;1H. The van der Waals surface area contributed by atoms with Gasteiger partial charge in [0.25, 0.3) is 0 Å². The minimum atomic E-state index is -0.651. The molecule has 0 atom stereocenters. The fourth-order valence-corrected chi connectivity index (χ4v) is 2.84. The van der Waals surface area contributed by atoms with Gasteiger partial charge in [-0.1, -0.05) is 58.3 Å². The summed E-state index contributed by atoms with van der Waals surface area (Å²) in [6, 6.07) is 0. The lowest BCUT2D eigenvalue weighted by molar-refractivity contribution is -0.144. The third kappa shape index (κ3) is 16.8. The van der Waals surface area contributed by atoms with Crippen molar-refractivity contribution in [2.75, 3.05) is 19.8 Å². The van der Waals surface area contributed by atoms with Crippen molar-refractivity contribution >= 4 is 18.4 Å². The monoisotopic (exact) mass is 381 g/mol. The fourth-order valence-electron chi connectivity index (χ4n) is 2.84. The number of carbonyl (C=O) groups is 1. The van der Waals surface area contributed by atoms with Crippen molar-refractivity contribution in [3.8, 4) is 0 Å². The zero-order valence-electron chi connectivity index (χ0n) is 16.0. The highest BCUT2D eigenvalue weighted by molar-refractivity contribution is 5.85. The van der Waals surface area contributed by atoms with E-state index in [0.29, 0.717) is 25.7 Å². The van der Waals surface area contributed by atoms with Gasteiger partial charge in [-0.2, -0.15) is 0 Å². The molecule has 0 aromatic carbocycles. The molecule has 0 aliphatic carbocycles. The molecule has 5 nitrogen and oxygen atoms in total. The lowest BCUT2D eigenvalue weighted by Gasteiger charge is -2.27. The van der Waals surface area contributed by atoms with Crippen LogP contribution in [0.2, 0.25) is 0 Å². The van der Waals surface area contributed by atoms with E-state index in [0.717, 1.165) is 12.8 Å². The number of aliphatic hydroxyl groups excluding tert-OH is 2. The van der Waals surface area contributed by atoms with Crippen LogP contribution in [0.25, 0.3) is 0 Å². The number of hydrogen-bond acceptors (Lipinski definition) is 5. The SMILES string of the molecule is CCCCCCCCCCCC(=O)OCCC(N)(CCO)CCO.Cl. The molecule has 0 saturated carbocycles. The summed E-state index contributed by atoms with van der Waals surface area (Å²) in [5.41, 5.74) is 5.44. The van der Waals surface area contributed by atoms with E-state index in [1.165, 1.54) is 44.9 Å². The van der Waals surface area contributed by atoms with Crippen LogP contribution in [0.5, 0.6) is 0 Å². The second-order valence-electron chi connectivity index (χ2n) is 6.86. The average molecular weight is 382 g/mol. The molecule has 0 spiro atoms. The largest absolute Gasteiger partial charge is 0.466 e. The lowest BCUT2D eigenvalue weighted by atomic mass is 9.90. The summed E-state index contributed by atoms with van der Waals surface area (Å²) in [4.78, 5) is 11.7. The Hall–Kier alpha value is -0.360. The van der Waals surface area contributed by atoms with E-state index < -0.39 is 5.54 Å². The topological polar surface area (TPSA) is 92.8 Å². The van der Waals surface area contributed by atoms with E-state index in [4.69, 9.17) is 20.7 Å². The van der Waals surface area contributed by atoms with Crippen molar-refractivity contribution in [2.24, 2.45) is 5.73 Å². The zero-order chi connectivity index (χ0) is 18.1. The molecule has 0 bridgehead atoms. The third-order valence-corrected chi connectivity index (χ3v) is 4.57. The number of esters is 1. The first-order valence-corrected chi connectivity index (χ1v) is 9.74. The summed E-state index contributed by atoms with van der Waals surface area (Å²) in [5, 5.41) is 18.0. The Morgan fingerprint density at radius 2 is 1.36 bits per heavy atom. The van der Waals surface area contributed by atoms with E-state index >= 15 is 0 Å². The van der Waals surface area contributed by atoms with Gasteiger partial charge in [-0.25, -0.2) is 0 Å². The smallest absolute Gasteiger partial charge is 0.305 e. The summed E-state index contributed by atoms with van der Waals surface area (Å²) in [6.45, 7) is 2.43. The molecular weight excluding hydrogens is 342 g/mol. The van der Waals surface area contributed by atoms with E-state index in [1.807, 2.05) is 0 Å². The molecule has 6 heteroatoms. The molecule has 0 aromatic heterocycles. The number of ether oxygens (including phenoxy) is 1. The number of hydrogen-bond donors (Lipinski definition) is 3. The van der Waals surface area contributed by atoms with Crippen molar-refractivity contribution in [3.63, 3.8) is 0 Å². The van der Waals surface area contributed by atoms with E-state index in [2.05, 4.69) is 6.92 Å². The minimum absolute atomic E-state index is 0. The number of unbranched alkanes of at least 4 members (excludes halogenated alkanes) is 8. The summed E-state index contributed by atoms with van der Waals surface area (Å²) < 4.78 is 5.22. The van der Waals surface area contributed by atoms with Crippen LogP contribution in [0.3, 0.4) is 0 Å². The molecule has 152 valence electrons. The molecule has 0 heterocycles. The Balaban J connectivity index is 0. The van der Waals surface area contributed by atoms with Gasteiger partial charge in [0.1, 0.15) is 0 Å². The predicted molar refractivity (Wildman–Crippen MR) is 105 cm³/mol. The van der Waals surface area contributed by atoms with Crippen molar-refractivity contribution < 1.29 is 19.7 Å². The first-order chi connectivity index (χ1) is 11.6. The first kappa shape index (κ1) is 26.9. The molecule has 25 heavy (non-hydrogen) atoms. The van der Waals surface area contributed by atoms with Gasteiger partial charge in [-0.15, -0.1) is 12.4 Å². The van der Waals surface area contributed by atoms with Crippen LogP contribution in [-0.2, 0) is 9.53 Å². The molecule has 0 rings (SSSR count). The quantitative estimate of drug-likeness (QED) is 0.263. The van der Waals surface area contributed by atoms with Crippen LogP contribution >= 0.6 is 12.4 Å². The Morgan fingerprint density at radius 3 is 1.84 bits per heavy atom. The number of halogens is 1. The maximum Gasteiger partial charge on any atom is 0.305 e. The first-order valence-electron chi connectivity index (χ1n) is 9.74. The molecule has 0 aliphatic heterocycles. The maximum absolute atomic E-state index is 11.7. The van der Waals surface area contributed by atoms with Crippen molar-refractivity contribution in [1.82, 2.24) is 0 Å². The van der Waals surface area contributed by atoms with Gasteiger partial charge in [0.05, 0.1) is 6.61 Å². The van der Waals surface area contributed by atoms with Crippen molar-refractivity contribution in [3.05, 3.63) is 0 Å². The maximum atomic E-state index is 11.7. The summed E-state index contributed by atoms with van der Waals surface area (Å²) in [7, 11) is 0. The number of aliphatic hydroxyl groups is 2. The van der Waals surface area contributed by atoms with Gasteiger partial charge in [0.15, 0.2) is 0 Å². The van der Waals surface area contributed by atoms with Gasteiger partial charge in [0, 0.05) is 25.2 Å². The van der Waals surface area contributed by atoms with Gasteiger partial charge in [0.2, 0.25) is 0 Å². The minimum Gasteiger partial charge on any atom is -0.466 e. The van der Waals surface area contributed by atoms with Gasteiger partial charge in [-0.3, -0.25) is 4.79 Å². The van der Waals surface area contributed by atoms with Crippen molar-refractivity contribution in [2.45, 2.75) is 95.9 Å². The normalized spacial score (nSPS) is 11.2. The third-order valence-electron chi connectivity index (χ3n) is 4.57. The highest BCUT2D eigenvalue weighted by Gasteiger charge is 2.24. The Bertz CT molecular complexity index is 297. The number of nitrogens with two attached hydrogens (primary N) is 1. The predicted octanol–water partition coefficient (Wildman–Crippen LogP) is 3.72. The Labute approximate surface area is 160 Å². The van der Waals surface area contributed by atoms with E-state index in [-0.39, 0.29) is 38.2 Å². The highest BCUT2D eigenvalue weighted by atomic mass is 35.5. The molecule has 0 amide bonds. The van der Waals surface area contributed by atoms with Crippen LogP contribution in [0.15, 0.2) is 0 Å². The molecule has 0 radical (unpaired) electrons. The average Bonchev–Trinajstić information content (AvgIpc) is 2.53. The summed E-state index contributed by atoms with van der Waals surface area (Å²) >= 11 is 0. The molecule has 0 fully saturated rings. The van der Waals surface area contributed by atoms with Gasteiger partial charge in [-0.05, 0) is 25.7 Å².